The monoisotopic (exact) mass is 203 g/mol. The summed E-state index contributed by atoms with van der Waals surface area (Å²) in [5, 5.41) is 8.60. The number of ether oxygens (including phenoxy) is 1. The number of nitrogens with zero attached hydrogens (tertiary/aromatic N) is 1. The highest BCUT2D eigenvalue weighted by Crippen LogP contribution is 2.20. The van der Waals surface area contributed by atoms with Crippen LogP contribution in [0.1, 0.15) is 29.8 Å². The Morgan fingerprint density at radius 1 is 1.53 bits per heavy atom. The number of Topliss-reactive ketones (excluding diaryl/α,β-unsaturated/α-hetero) is 1. The summed E-state index contributed by atoms with van der Waals surface area (Å²) >= 11 is 0. The van der Waals surface area contributed by atoms with Crippen LogP contribution in [0.15, 0.2) is 18.2 Å². The molecule has 1 atom stereocenters. The van der Waals surface area contributed by atoms with Crippen molar-refractivity contribution in [2.45, 2.75) is 26.9 Å². The van der Waals surface area contributed by atoms with Crippen LogP contribution in [0.3, 0.4) is 0 Å². The smallest absolute Gasteiger partial charge is 0.181 e. The van der Waals surface area contributed by atoms with Crippen molar-refractivity contribution in [3.05, 3.63) is 29.3 Å². The number of ketones is 1. The van der Waals surface area contributed by atoms with Gasteiger partial charge in [-0.2, -0.15) is 5.26 Å². The van der Waals surface area contributed by atoms with Gasteiger partial charge in [-0.05, 0) is 44.5 Å². The van der Waals surface area contributed by atoms with Gasteiger partial charge in [-0.15, -0.1) is 0 Å². The van der Waals surface area contributed by atoms with E-state index >= 15 is 0 Å². The van der Waals surface area contributed by atoms with E-state index in [2.05, 4.69) is 0 Å². The van der Waals surface area contributed by atoms with Gasteiger partial charge in [-0.25, -0.2) is 0 Å². The fourth-order valence-corrected chi connectivity index (χ4v) is 1.22. The van der Waals surface area contributed by atoms with Crippen LogP contribution in [-0.4, -0.2) is 11.9 Å². The summed E-state index contributed by atoms with van der Waals surface area (Å²) < 4.78 is 5.36. The zero-order chi connectivity index (χ0) is 11.4. The second-order valence-corrected chi connectivity index (χ2v) is 3.43. The first-order valence-corrected chi connectivity index (χ1v) is 4.72. The Labute approximate surface area is 89.3 Å². The molecule has 3 nitrogen and oxygen atoms in total. The molecule has 1 aromatic rings. The van der Waals surface area contributed by atoms with E-state index in [1.807, 2.05) is 13.0 Å². The normalized spacial score (nSPS) is 11.6. The number of aryl methyl sites for hydroxylation is 1. The van der Waals surface area contributed by atoms with Crippen molar-refractivity contribution in [3.63, 3.8) is 0 Å². The second-order valence-electron chi connectivity index (χ2n) is 3.43. The number of hydrogen-bond acceptors (Lipinski definition) is 3. The largest absolute Gasteiger partial charge is 0.476 e. The fourth-order valence-electron chi connectivity index (χ4n) is 1.22. The number of nitriles is 1. The van der Waals surface area contributed by atoms with Crippen molar-refractivity contribution in [1.29, 1.82) is 5.26 Å². The van der Waals surface area contributed by atoms with Gasteiger partial charge in [-0.3, -0.25) is 4.79 Å². The van der Waals surface area contributed by atoms with Gasteiger partial charge in [0.2, 0.25) is 0 Å². The third kappa shape index (κ3) is 2.81. The van der Waals surface area contributed by atoms with E-state index in [0.717, 1.165) is 5.56 Å². The van der Waals surface area contributed by atoms with Crippen LogP contribution in [0.2, 0.25) is 0 Å². The predicted octanol–water partition coefficient (Wildman–Crippen LogP) is 2.49. The van der Waals surface area contributed by atoms with Crippen LogP contribution in [0.25, 0.3) is 0 Å². The van der Waals surface area contributed by atoms with Gasteiger partial charge in [0.25, 0.3) is 0 Å². The molecule has 0 spiro atoms. The van der Waals surface area contributed by atoms with Crippen molar-refractivity contribution in [3.8, 4) is 11.8 Å². The Bertz CT molecular complexity index is 418. The third-order valence-electron chi connectivity index (χ3n) is 2.07. The van der Waals surface area contributed by atoms with E-state index in [4.69, 9.17) is 10.00 Å². The average Bonchev–Trinajstić information content (AvgIpc) is 2.20. The highest BCUT2D eigenvalue weighted by atomic mass is 16.5. The zero-order valence-electron chi connectivity index (χ0n) is 9.07. The van der Waals surface area contributed by atoms with Crippen molar-refractivity contribution >= 4 is 5.78 Å². The van der Waals surface area contributed by atoms with Gasteiger partial charge in [-0.1, -0.05) is 0 Å². The van der Waals surface area contributed by atoms with Crippen molar-refractivity contribution in [1.82, 2.24) is 0 Å². The Morgan fingerprint density at radius 2 is 2.20 bits per heavy atom. The van der Waals surface area contributed by atoms with E-state index in [9.17, 15) is 4.79 Å². The molecule has 1 aromatic carbocycles. The number of carbonyl (C=O) groups excluding carboxylic acids is 1. The lowest BCUT2D eigenvalue weighted by atomic mass is 10.1. The van der Waals surface area contributed by atoms with E-state index in [0.29, 0.717) is 11.3 Å². The maximum atomic E-state index is 11.1. The van der Waals surface area contributed by atoms with Gasteiger partial charge in [0.05, 0.1) is 0 Å². The van der Waals surface area contributed by atoms with Crippen LogP contribution in [0.4, 0.5) is 0 Å². The molecule has 15 heavy (non-hydrogen) atoms. The van der Waals surface area contributed by atoms with Crippen molar-refractivity contribution in [2.24, 2.45) is 0 Å². The molecule has 3 heteroatoms. The van der Waals surface area contributed by atoms with Gasteiger partial charge >= 0.3 is 0 Å². The molecule has 0 saturated carbocycles. The lowest BCUT2D eigenvalue weighted by molar-refractivity contribution is 0.101. The molecule has 0 aliphatic carbocycles. The van der Waals surface area contributed by atoms with E-state index < -0.39 is 6.10 Å². The van der Waals surface area contributed by atoms with Gasteiger partial charge in [0.1, 0.15) is 11.8 Å². The molecule has 0 N–H and O–H groups in total. The molecule has 0 amide bonds. The maximum absolute atomic E-state index is 11.1. The minimum atomic E-state index is -0.480. The van der Waals surface area contributed by atoms with Crippen LogP contribution < -0.4 is 4.74 Å². The Kier molecular flexibility index (Phi) is 3.46. The molecule has 0 bridgehead atoms. The topological polar surface area (TPSA) is 50.1 Å². The zero-order valence-corrected chi connectivity index (χ0v) is 9.07. The summed E-state index contributed by atoms with van der Waals surface area (Å²) in [5.41, 5.74) is 1.52. The number of benzene rings is 1. The quantitative estimate of drug-likeness (QED) is 0.709. The molecule has 0 saturated heterocycles. The van der Waals surface area contributed by atoms with Crippen molar-refractivity contribution < 1.29 is 9.53 Å². The molecule has 0 heterocycles. The van der Waals surface area contributed by atoms with Crippen LogP contribution in [0, 0.1) is 18.3 Å². The van der Waals surface area contributed by atoms with Crippen LogP contribution in [-0.2, 0) is 0 Å². The number of carbonyl (C=O) groups is 1. The SMILES string of the molecule is CC(=O)c1ccc(OC(C)C#N)c(C)c1. The summed E-state index contributed by atoms with van der Waals surface area (Å²) in [5.74, 6) is 0.673. The Balaban J connectivity index is 2.94. The summed E-state index contributed by atoms with van der Waals surface area (Å²) in [6, 6.07) is 7.18. The summed E-state index contributed by atoms with van der Waals surface area (Å²) in [6.45, 7) is 5.05. The molecule has 78 valence electrons. The molecule has 0 radical (unpaired) electrons. The molecule has 1 rings (SSSR count). The Morgan fingerprint density at radius 3 is 2.67 bits per heavy atom. The lowest BCUT2D eigenvalue weighted by Gasteiger charge is -2.10. The minimum absolute atomic E-state index is 0.0259. The first-order valence-electron chi connectivity index (χ1n) is 4.72. The van der Waals surface area contributed by atoms with Crippen LogP contribution >= 0.6 is 0 Å². The molecular formula is C12H13NO2. The highest BCUT2D eigenvalue weighted by molar-refractivity contribution is 5.94. The molecule has 1 unspecified atom stereocenters. The summed E-state index contributed by atoms with van der Waals surface area (Å²) in [4.78, 5) is 11.1. The second kappa shape index (κ2) is 4.61. The molecule has 0 aliphatic rings. The van der Waals surface area contributed by atoms with Gasteiger partial charge < -0.3 is 4.74 Å². The maximum Gasteiger partial charge on any atom is 0.181 e. The standard InChI is InChI=1S/C12H13NO2/c1-8-6-11(10(3)14)4-5-12(8)15-9(2)7-13/h4-6,9H,1-3H3. The van der Waals surface area contributed by atoms with Gasteiger partial charge in [0.15, 0.2) is 11.9 Å². The first-order chi connectivity index (χ1) is 7.04. The average molecular weight is 203 g/mol. The summed E-state index contributed by atoms with van der Waals surface area (Å²) in [7, 11) is 0. The fraction of sp³-hybridized carbons (Fsp3) is 0.333. The van der Waals surface area contributed by atoms with Crippen LogP contribution in [0.5, 0.6) is 5.75 Å². The van der Waals surface area contributed by atoms with Crippen molar-refractivity contribution in [2.75, 3.05) is 0 Å². The molecular weight excluding hydrogens is 190 g/mol. The number of rotatable bonds is 3. The Hall–Kier alpha value is -1.82. The third-order valence-corrected chi connectivity index (χ3v) is 2.07. The molecule has 0 fully saturated rings. The van der Waals surface area contributed by atoms with Gasteiger partial charge in [0, 0.05) is 5.56 Å². The lowest BCUT2D eigenvalue weighted by Crippen LogP contribution is -2.09. The van der Waals surface area contributed by atoms with E-state index in [1.165, 1.54) is 6.92 Å². The number of hydrogen-bond donors (Lipinski definition) is 0. The predicted molar refractivity (Wildman–Crippen MR) is 56.9 cm³/mol. The summed E-state index contributed by atoms with van der Waals surface area (Å²) in [6.07, 6.45) is -0.480. The van der Waals surface area contributed by atoms with E-state index in [-0.39, 0.29) is 5.78 Å². The molecule has 0 aliphatic heterocycles. The minimum Gasteiger partial charge on any atom is -0.476 e. The van der Waals surface area contributed by atoms with E-state index in [1.54, 1.807) is 25.1 Å². The highest BCUT2D eigenvalue weighted by Gasteiger charge is 2.07. The first kappa shape index (κ1) is 11.3. The molecule has 0 aromatic heterocycles.